The summed E-state index contributed by atoms with van der Waals surface area (Å²) in [6, 6.07) is -0.905. The third-order valence-electron chi connectivity index (χ3n) is 14.7. The first-order chi connectivity index (χ1) is 39.9. The van der Waals surface area contributed by atoms with Gasteiger partial charge in [0.2, 0.25) is 5.91 Å². The van der Waals surface area contributed by atoms with Crippen molar-refractivity contribution in [3.8, 4) is 0 Å². The second-order valence-corrected chi connectivity index (χ2v) is 25.4. The maximum atomic E-state index is 13.6. The average molecular weight is 1170 g/mol. The first-order valence-corrected chi connectivity index (χ1v) is 35.5. The maximum Gasteiger partial charge on any atom is 0.306 e. The molecule has 0 aliphatic carbocycles. The Balaban J connectivity index is 5.12. The molecular formula is C72H129N2O7P. The summed E-state index contributed by atoms with van der Waals surface area (Å²) >= 11 is 0. The van der Waals surface area contributed by atoms with Gasteiger partial charge in [-0.25, -0.2) is 0 Å². The number of nitrogens with zero attached hydrogens (tertiary/aromatic N) is 1. The Kier molecular flexibility index (Phi) is 58.7. The van der Waals surface area contributed by atoms with Crippen LogP contribution in [-0.2, 0) is 27.9 Å². The summed E-state index contributed by atoms with van der Waals surface area (Å²) in [5, 5.41) is 3.03. The molecule has 0 saturated carbocycles. The largest absolute Gasteiger partial charge is 0.756 e. The first kappa shape index (κ1) is 78.9. The smallest absolute Gasteiger partial charge is 0.306 e. The number of amides is 1. The van der Waals surface area contributed by atoms with Crippen molar-refractivity contribution >= 4 is 19.7 Å². The van der Waals surface area contributed by atoms with Crippen LogP contribution in [0.25, 0.3) is 0 Å². The van der Waals surface area contributed by atoms with Crippen LogP contribution < -0.4 is 10.2 Å². The third kappa shape index (κ3) is 61.5. The Hall–Kier alpha value is -3.07. The Morgan fingerprint density at radius 2 is 0.744 bits per heavy atom. The number of quaternary nitrogens is 1. The Bertz CT molecular complexity index is 1720. The van der Waals surface area contributed by atoms with Crippen molar-refractivity contribution < 1.29 is 37.3 Å². The van der Waals surface area contributed by atoms with Gasteiger partial charge in [0.25, 0.3) is 7.82 Å². The van der Waals surface area contributed by atoms with Crippen LogP contribution >= 0.6 is 7.82 Å². The van der Waals surface area contributed by atoms with Crippen molar-refractivity contribution in [2.45, 2.75) is 309 Å². The van der Waals surface area contributed by atoms with Crippen molar-refractivity contribution in [3.05, 3.63) is 97.2 Å². The van der Waals surface area contributed by atoms with Gasteiger partial charge in [0.1, 0.15) is 19.3 Å². The molecular weight excluding hydrogens is 1040 g/mol. The van der Waals surface area contributed by atoms with Crippen LogP contribution in [0.2, 0.25) is 0 Å². The van der Waals surface area contributed by atoms with E-state index in [1.54, 1.807) is 0 Å². The van der Waals surface area contributed by atoms with Crippen molar-refractivity contribution in [3.63, 3.8) is 0 Å². The highest BCUT2D eigenvalue weighted by Crippen LogP contribution is 2.38. The van der Waals surface area contributed by atoms with Crippen LogP contribution in [0.15, 0.2) is 97.2 Å². The number of esters is 1. The molecule has 0 heterocycles. The monoisotopic (exact) mass is 1160 g/mol. The molecule has 9 nitrogen and oxygen atoms in total. The minimum Gasteiger partial charge on any atom is -0.756 e. The van der Waals surface area contributed by atoms with Gasteiger partial charge in [0.15, 0.2) is 0 Å². The summed E-state index contributed by atoms with van der Waals surface area (Å²) in [6.07, 6.45) is 82.3. The highest BCUT2D eigenvalue weighted by Gasteiger charge is 2.27. The highest BCUT2D eigenvalue weighted by atomic mass is 31.2. The topological polar surface area (TPSA) is 114 Å². The van der Waals surface area contributed by atoms with E-state index >= 15 is 0 Å². The van der Waals surface area contributed by atoms with Gasteiger partial charge >= 0.3 is 5.97 Å². The molecule has 474 valence electrons. The lowest BCUT2D eigenvalue weighted by atomic mass is 10.0. The Morgan fingerprint density at radius 3 is 1.13 bits per heavy atom. The minimum atomic E-state index is -4.71. The van der Waals surface area contributed by atoms with Crippen LogP contribution in [-0.4, -0.2) is 69.4 Å². The van der Waals surface area contributed by atoms with Crippen LogP contribution in [0.4, 0.5) is 0 Å². The quantitative estimate of drug-likeness (QED) is 0.0212. The normalized spacial score (nSPS) is 14.2. The summed E-state index contributed by atoms with van der Waals surface area (Å²) in [5.74, 6) is -0.569. The molecule has 0 rings (SSSR count). The first-order valence-electron chi connectivity index (χ1n) is 34.0. The van der Waals surface area contributed by atoms with Gasteiger partial charge < -0.3 is 28.5 Å². The molecule has 82 heavy (non-hydrogen) atoms. The molecule has 0 aromatic rings. The van der Waals surface area contributed by atoms with Crippen LogP contribution in [0.5, 0.6) is 0 Å². The fraction of sp³-hybridized carbons (Fsp3) is 0.750. The van der Waals surface area contributed by atoms with Gasteiger partial charge in [-0.3, -0.25) is 14.2 Å². The lowest BCUT2D eigenvalue weighted by Crippen LogP contribution is -2.47. The lowest BCUT2D eigenvalue weighted by molar-refractivity contribution is -0.870. The molecule has 0 aromatic carbocycles. The van der Waals surface area contributed by atoms with Gasteiger partial charge in [-0.05, 0) is 115 Å². The number of phosphoric acid groups is 1. The zero-order chi connectivity index (χ0) is 60.0. The number of phosphoric ester groups is 1. The van der Waals surface area contributed by atoms with Crippen molar-refractivity contribution in [1.29, 1.82) is 0 Å². The number of ether oxygens (including phenoxy) is 1. The number of nitrogens with one attached hydrogen (secondary N) is 1. The second kappa shape index (κ2) is 61.0. The predicted molar refractivity (Wildman–Crippen MR) is 353 cm³/mol. The number of allylic oxidation sites excluding steroid dienone is 15. The number of unbranched alkanes of at least 4 members (excludes halogenated alkanes) is 31. The highest BCUT2D eigenvalue weighted by molar-refractivity contribution is 7.45. The second-order valence-electron chi connectivity index (χ2n) is 24.0. The van der Waals surface area contributed by atoms with Gasteiger partial charge in [-0.15, -0.1) is 0 Å². The van der Waals surface area contributed by atoms with E-state index in [9.17, 15) is 19.0 Å². The van der Waals surface area contributed by atoms with E-state index in [2.05, 4.69) is 111 Å². The molecule has 0 radical (unpaired) electrons. The summed E-state index contributed by atoms with van der Waals surface area (Å²) in [7, 11) is 1.16. The number of hydrogen-bond acceptors (Lipinski definition) is 7. The van der Waals surface area contributed by atoms with E-state index in [-0.39, 0.29) is 24.9 Å². The Morgan fingerprint density at radius 1 is 0.427 bits per heavy atom. The molecule has 1 N–H and O–H groups in total. The zero-order valence-corrected chi connectivity index (χ0v) is 55.1. The number of likely N-dealkylation sites (N-methyl/N-ethyl adjacent to an activating group) is 1. The molecule has 3 atom stereocenters. The van der Waals surface area contributed by atoms with E-state index in [1.807, 2.05) is 33.3 Å². The summed E-state index contributed by atoms with van der Waals surface area (Å²) < 4.78 is 30.4. The number of hydrogen-bond donors (Lipinski definition) is 1. The van der Waals surface area contributed by atoms with Gasteiger partial charge in [-0.2, -0.15) is 0 Å². The van der Waals surface area contributed by atoms with E-state index in [0.29, 0.717) is 23.9 Å². The number of carbonyl (C=O) groups excluding carboxylic acids is 2. The van der Waals surface area contributed by atoms with Gasteiger partial charge in [-0.1, -0.05) is 266 Å². The van der Waals surface area contributed by atoms with Gasteiger partial charge in [0.05, 0.1) is 33.8 Å². The predicted octanol–water partition coefficient (Wildman–Crippen LogP) is 20.9. The van der Waals surface area contributed by atoms with Crippen molar-refractivity contribution in [1.82, 2.24) is 5.32 Å². The molecule has 0 aliphatic heterocycles. The standard InChI is InChI=1S/C72H129N2O7P/c1-7-10-13-16-19-22-25-28-30-32-33-34-35-36-37-38-39-40-41-43-44-46-49-52-55-58-61-64-71(75)73-69(68-80-82(77,78)79-67-66-74(4,5)6)70(63-60-57-54-51-48-27-24-21-18-15-12-9-3)81-72(76)65-62-59-56-53-50-47-45-42-31-29-26-23-20-17-14-11-8-2/h19-20,22-23,28-31,33-34,36-37,45,47,60,63,69-70H,7-18,21,24-27,32,35,38-44,46,48-59,61-62,64-68H2,1-6H3,(H-,73,75,77,78)/b22-19-,23-20-,30-28-,31-29-,34-33-,37-36-,47-45-,63-60-. The van der Waals surface area contributed by atoms with Crippen molar-refractivity contribution in [2.24, 2.45) is 0 Å². The summed E-state index contributed by atoms with van der Waals surface area (Å²) in [6.45, 7) is 6.78. The molecule has 0 aromatic heterocycles. The molecule has 0 bridgehead atoms. The molecule has 0 saturated heterocycles. The zero-order valence-electron chi connectivity index (χ0n) is 54.2. The number of rotatable bonds is 61. The van der Waals surface area contributed by atoms with E-state index < -0.39 is 26.6 Å². The molecule has 0 aliphatic rings. The van der Waals surface area contributed by atoms with Crippen LogP contribution in [0.1, 0.15) is 297 Å². The maximum absolute atomic E-state index is 13.6. The van der Waals surface area contributed by atoms with E-state index in [0.717, 1.165) is 103 Å². The summed E-state index contributed by atoms with van der Waals surface area (Å²) in [5.41, 5.74) is 0. The average Bonchev–Trinajstić information content (AvgIpc) is 3.47. The molecule has 10 heteroatoms. The molecule has 0 spiro atoms. The van der Waals surface area contributed by atoms with Crippen molar-refractivity contribution in [2.75, 3.05) is 40.9 Å². The summed E-state index contributed by atoms with van der Waals surface area (Å²) in [4.78, 5) is 40.1. The SMILES string of the molecule is CCCCC/C=C\C/C=C\C/C=C\C/C=C\CCCCCCCCCCCCCC(=O)NC(COP(=O)([O-])OCC[N+](C)(C)C)C(/C=C\CCCCCCCCCCCC)OC(=O)CCCCCC/C=C\C/C=C\C/C=C\CCCCC. The molecule has 3 unspecified atom stereocenters. The fourth-order valence-corrected chi connectivity index (χ4v) is 10.2. The van der Waals surface area contributed by atoms with Crippen LogP contribution in [0, 0.1) is 0 Å². The van der Waals surface area contributed by atoms with Crippen LogP contribution in [0.3, 0.4) is 0 Å². The Labute approximate surface area is 507 Å². The molecule has 1 amide bonds. The molecule has 0 fully saturated rings. The van der Waals surface area contributed by atoms with E-state index in [1.165, 1.54) is 154 Å². The lowest BCUT2D eigenvalue weighted by Gasteiger charge is -2.30. The van der Waals surface area contributed by atoms with Gasteiger partial charge in [0, 0.05) is 12.8 Å². The minimum absolute atomic E-state index is 0.0305. The third-order valence-corrected chi connectivity index (χ3v) is 15.7. The number of carbonyl (C=O) groups is 2. The van der Waals surface area contributed by atoms with E-state index in [4.69, 9.17) is 13.8 Å². The fourth-order valence-electron chi connectivity index (χ4n) is 9.45.